The molecule has 0 saturated carbocycles. The van der Waals surface area contributed by atoms with Gasteiger partial charge in [0.15, 0.2) is 5.54 Å². The number of rotatable bonds is 12. The summed E-state index contributed by atoms with van der Waals surface area (Å²) in [5.74, 6) is 0.607. The highest BCUT2D eigenvalue weighted by Crippen LogP contribution is 2.35. The van der Waals surface area contributed by atoms with Gasteiger partial charge in [0.05, 0.1) is 6.61 Å². The van der Waals surface area contributed by atoms with Crippen LogP contribution < -0.4 is 15.6 Å². The number of ether oxygens (including phenoxy) is 2. The summed E-state index contributed by atoms with van der Waals surface area (Å²) in [5.41, 5.74) is 14.9. The highest BCUT2D eigenvalue weighted by molar-refractivity contribution is 6.00. The first-order valence-electron chi connectivity index (χ1n) is 10.9. The molecule has 0 saturated heterocycles. The Bertz CT molecular complexity index is 1080. The Morgan fingerprint density at radius 3 is 2.82 bits per heavy atom. The average Bonchev–Trinajstić information content (AvgIpc) is 3.18. The third-order valence-corrected chi connectivity index (χ3v) is 5.38. The number of benzene rings is 2. The van der Waals surface area contributed by atoms with Gasteiger partial charge in [-0.3, -0.25) is 10.2 Å². The summed E-state index contributed by atoms with van der Waals surface area (Å²) in [5, 5.41) is 12.7. The maximum atomic E-state index is 13.4. The zero-order valence-corrected chi connectivity index (χ0v) is 19.0. The topological polar surface area (TPSA) is 141 Å². The van der Waals surface area contributed by atoms with E-state index in [9.17, 15) is 4.79 Å². The number of aliphatic hydroxyl groups is 1. The van der Waals surface area contributed by atoms with E-state index in [2.05, 4.69) is 27.5 Å². The molecule has 1 aliphatic rings. The van der Waals surface area contributed by atoms with E-state index in [-0.39, 0.29) is 18.9 Å². The van der Waals surface area contributed by atoms with E-state index in [1.165, 1.54) is 0 Å². The number of hydrazine groups is 1. The lowest BCUT2D eigenvalue weighted by Crippen LogP contribution is -2.56. The summed E-state index contributed by atoms with van der Waals surface area (Å²) in [4.78, 5) is 21.0. The number of aliphatic hydroxyl groups excluding tert-OH is 1. The van der Waals surface area contributed by atoms with Crippen molar-refractivity contribution in [1.29, 1.82) is 0 Å². The Labute approximate surface area is 197 Å². The highest BCUT2D eigenvalue weighted by atomic mass is 16.5. The van der Waals surface area contributed by atoms with Crippen LogP contribution in [0.25, 0.3) is 10.4 Å². The van der Waals surface area contributed by atoms with Gasteiger partial charge >= 0.3 is 0 Å². The summed E-state index contributed by atoms with van der Waals surface area (Å²) in [6.07, 6.45) is 1.73. The molecule has 3 N–H and O–H groups in total. The molecule has 10 nitrogen and oxygen atoms in total. The van der Waals surface area contributed by atoms with Crippen LogP contribution in [0.4, 0.5) is 5.69 Å². The molecule has 34 heavy (non-hydrogen) atoms. The molecule has 178 valence electrons. The van der Waals surface area contributed by atoms with Gasteiger partial charge in [-0.15, -0.1) is 6.58 Å². The Kier molecular flexibility index (Phi) is 8.64. The van der Waals surface area contributed by atoms with Crippen molar-refractivity contribution < 1.29 is 19.4 Å². The summed E-state index contributed by atoms with van der Waals surface area (Å²) >= 11 is 0. The number of nitrogens with zero attached hydrogens (tertiary/aromatic N) is 4. The minimum absolute atomic E-state index is 0.0647. The maximum absolute atomic E-state index is 13.4. The molecule has 0 bridgehead atoms. The van der Waals surface area contributed by atoms with Crippen LogP contribution in [0.15, 0.2) is 71.3 Å². The van der Waals surface area contributed by atoms with Crippen LogP contribution in [0.3, 0.4) is 0 Å². The van der Waals surface area contributed by atoms with E-state index < -0.39 is 11.6 Å². The van der Waals surface area contributed by atoms with Crippen molar-refractivity contribution in [2.24, 2.45) is 10.1 Å². The fourth-order valence-corrected chi connectivity index (χ4v) is 3.55. The van der Waals surface area contributed by atoms with Gasteiger partial charge in [0.25, 0.3) is 5.91 Å². The Hall–Kier alpha value is -3.85. The number of carbonyl (C=O) groups excluding carboxylic acids is 1. The minimum atomic E-state index is -1.30. The largest absolute Gasteiger partial charge is 0.494 e. The molecule has 1 aliphatic heterocycles. The first-order chi connectivity index (χ1) is 16.5. The van der Waals surface area contributed by atoms with Crippen LogP contribution in [0.5, 0.6) is 5.75 Å². The van der Waals surface area contributed by atoms with Gasteiger partial charge < -0.3 is 14.6 Å². The van der Waals surface area contributed by atoms with Crippen molar-refractivity contribution in [1.82, 2.24) is 10.9 Å². The van der Waals surface area contributed by atoms with Gasteiger partial charge in [-0.05, 0) is 42.3 Å². The molecular weight excluding hydrogens is 436 g/mol. The van der Waals surface area contributed by atoms with Crippen molar-refractivity contribution in [2.45, 2.75) is 31.4 Å². The van der Waals surface area contributed by atoms with Crippen LogP contribution in [0.1, 0.15) is 24.5 Å². The third kappa shape index (κ3) is 5.74. The molecule has 2 aromatic carbocycles. The monoisotopic (exact) mass is 464 g/mol. The number of nitrogens with one attached hydrogen (secondary N) is 2. The summed E-state index contributed by atoms with van der Waals surface area (Å²) < 4.78 is 11.6. The highest BCUT2D eigenvalue weighted by Gasteiger charge is 2.50. The average molecular weight is 465 g/mol. The van der Waals surface area contributed by atoms with E-state index in [1.807, 2.05) is 6.07 Å². The van der Waals surface area contributed by atoms with Crippen molar-refractivity contribution in [3.05, 3.63) is 82.8 Å². The Morgan fingerprint density at radius 2 is 2.12 bits per heavy atom. The van der Waals surface area contributed by atoms with E-state index >= 15 is 0 Å². The first kappa shape index (κ1) is 24.8. The van der Waals surface area contributed by atoms with Crippen molar-refractivity contribution in [3.8, 4) is 5.75 Å². The first-order valence-corrected chi connectivity index (χ1v) is 10.9. The van der Waals surface area contributed by atoms with Gasteiger partial charge in [0, 0.05) is 42.2 Å². The van der Waals surface area contributed by atoms with Gasteiger partial charge in [0.1, 0.15) is 11.9 Å². The fraction of sp³-hybridized carbons (Fsp3) is 0.333. The Balaban J connectivity index is 1.94. The van der Waals surface area contributed by atoms with Crippen LogP contribution >= 0.6 is 0 Å². The summed E-state index contributed by atoms with van der Waals surface area (Å²) in [6.45, 7) is 6.27. The number of carbonyl (C=O) groups is 1. The summed E-state index contributed by atoms with van der Waals surface area (Å²) in [7, 11) is 0. The van der Waals surface area contributed by atoms with Gasteiger partial charge in [-0.2, -0.15) is 0 Å². The Morgan fingerprint density at radius 1 is 1.35 bits per heavy atom. The lowest BCUT2D eigenvalue weighted by molar-refractivity contribution is -0.129. The number of azide groups is 1. The second kappa shape index (κ2) is 11.9. The standard InChI is InChI=1S/C24H28N6O4/c1-3-13-26-29-23(32)24(16-19-7-4-5-8-21(19)28-30-25)17(2)34-22(27-24)18-9-11-20(12-10-18)33-15-6-14-31/h3-5,7-12,17,26,31H,1,6,13-16H2,2H3,(H,29,32)/t17-,24-/m0/s1. The molecule has 0 fully saturated rings. The van der Waals surface area contributed by atoms with E-state index in [0.29, 0.717) is 48.0 Å². The second-order valence-corrected chi connectivity index (χ2v) is 7.67. The van der Waals surface area contributed by atoms with Gasteiger partial charge in [-0.25, -0.2) is 10.4 Å². The van der Waals surface area contributed by atoms with E-state index in [4.69, 9.17) is 25.1 Å². The molecule has 2 aromatic rings. The van der Waals surface area contributed by atoms with Crippen LogP contribution in [0.2, 0.25) is 0 Å². The number of amides is 1. The molecule has 0 aliphatic carbocycles. The van der Waals surface area contributed by atoms with Crippen LogP contribution in [0, 0.1) is 0 Å². The number of hydrogen-bond acceptors (Lipinski definition) is 7. The van der Waals surface area contributed by atoms with Crippen LogP contribution in [-0.2, 0) is 16.0 Å². The zero-order chi connectivity index (χ0) is 24.4. The molecule has 0 radical (unpaired) electrons. The molecular formula is C24H28N6O4. The normalized spacial score (nSPS) is 18.9. The predicted octanol–water partition coefficient (Wildman–Crippen LogP) is 3.34. The fourth-order valence-electron chi connectivity index (χ4n) is 3.55. The molecule has 0 aromatic heterocycles. The molecule has 0 unspecified atom stereocenters. The van der Waals surface area contributed by atoms with Crippen molar-refractivity contribution >= 4 is 17.5 Å². The van der Waals surface area contributed by atoms with Crippen LogP contribution in [-0.4, -0.2) is 48.3 Å². The molecule has 1 heterocycles. The molecule has 3 rings (SSSR count). The molecule has 1 amide bonds. The van der Waals surface area contributed by atoms with Crippen molar-refractivity contribution in [2.75, 3.05) is 19.8 Å². The number of aliphatic imine (C=N–C) groups is 1. The SMILES string of the molecule is C=CCNNC(=O)[C@@]1(Cc2ccccc2N=[N+]=[N-])N=C(c2ccc(OCCCO)cc2)O[C@H]1C. The molecule has 0 spiro atoms. The smallest absolute Gasteiger partial charge is 0.266 e. The minimum Gasteiger partial charge on any atom is -0.494 e. The lowest BCUT2D eigenvalue weighted by atomic mass is 9.85. The van der Waals surface area contributed by atoms with Gasteiger partial charge in [0.2, 0.25) is 5.90 Å². The van der Waals surface area contributed by atoms with E-state index in [0.717, 1.165) is 0 Å². The zero-order valence-electron chi connectivity index (χ0n) is 19.0. The van der Waals surface area contributed by atoms with Gasteiger partial charge in [-0.1, -0.05) is 35.5 Å². The third-order valence-electron chi connectivity index (χ3n) is 5.38. The van der Waals surface area contributed by atoms with E-state index in [1.54, 1.807) is 55.5 Å². The predicted molar refractivity (Wildman–Crippen MR) is 129 cm³/mol. The van der Waals surface area contributed by atoms with Crippen molar-refractivity contribution in [3.63, 3.8) is 0 Å². The lowest BCUT2D eigenvalue weighted by Gasteiger charge is -2.28. The number of hydrogen-bond donors (Lipinski definition) is 3. The second-order valence-electron chi connectivity index (χ2n) is 7.67. The molecule has 2 atom stereocenters. The summed E-state index contributed by atoms with van der Waals surface area (Å²) in [6, 6.07) is 14.2. The quantitative estimate of drug-likeness (QED) is 0.110. The molecule has 10 heteroatoms. The maximum Gasteiger partial charge on any atom is 0.266 e.